The summed E-state index contributed by atoms with van der Waals surface area (Å²) in [5.74, 6) is 1.13. The van der Waals surface area contributed by atoms with Crippen molar-refractivity contribution in [2.24, 2.45) is 0 Å². The quantitative estimate of drug-likeness (QED) is 0.822. The minimum absolute atomic E-state index is 0.957. The molecule has 0 unspecified atom stereocenters. The van der Waals surface area contributed by atoms with E-state index in [0.717, 1.165) is 23.3 Å². The van der Waals surface area contributed by atoms with Crippen LogP contribution in [-0.4, -0.2) is 12.3 Å². The third-order valence-electron chi connectivity index (χ3n) is 1.89. The maximum Gasteiger partial charge on any atom is 0.0216 e. The zero-order valence-corrected chi connectivity index (χ0v) is 11.0. The molecular formula is C11H16BrNS. The largest absolute Gasteiger partial charge is 0.313 e. The van der Waals surface area contributed by atoms with Crippen molar-refractivity contribution in [1.29, 1.82) is 0 Å². The first kappa shape index (κ1) is 12.1. The van der Waals surface area contributed by atoms with Crippen molar-refractivity contribution < 1.29 is 0 Å². The Morgan fingerprint density at radius 3 is 2.79 bits per heavy atom. The lowest BCUT2D eigenvalue weighted by Crippen LogP contribution is -2.12. The summed E-state index contributed by atoms with van der Waals surface area (Å²) in [6, 6.07) is 6.49. The van der Waals surface area contributed by atoms with Crippen molar-refractivity contribution in [1.82, 2.24) is 5.32 Å². The molecule has 14 heavy (non-hydrogen) atoms. The van der Waals surface area contributed by atoms with Crippen LogP contribution in [-0.2, 0) is 6.54 Å². The van der Waals surface area contributed by atoms with Gasteiger partial charge in [-0.25, -0.2) is 0 Å². The zero-order valence-electron chi connectivity index (χ0n) is 8.64. The first-order chi connectivity index (χ1) is 6.77. The van der Waals surface area contributed by atoms with Gasteiger partial charge in [0.15, 0.2) is 0 Å². The topological polar surface area (TPSA) is 12.0 Å². The highest BCUT2D eigenvalue weighted by atomic mass is 79.9. The van der Waals surface area contributed by atoms with Gasteiger partial charge in [-0.2, -0.15) is 0 Å². The van der Waals surface area contributed by atoms with Gasteiger partial charge in [0.05, 0.1) is 0 Å². The molecule has 0 heterocycles. The molecule has 0 saturated carbocycles. The van der Waals surface area contributed by atoms with Gasteiger partial charge in [-0.15, -0.1) is 11.8 Å². The van der Waals surface area contributed by atoms with Crippen molar-refractivity contribution in [3.8, 4) is 0 Å². The summed E-state index contributed by atoms with van der Waals surface area (Å²) >= 11 is 5.40. The van der Waals surface area contributed by atoms with Crippen LogP contribution >= 0.6 is 27.7 Å². The van der Waals surface area contributed by atoms with Crippen molar-refractivity contribution in [2.75, 3.05) is 12.3 Å². The van der Waals surface area contributed by atoms with Gasteiger partial charge in [0.1, 0.15) is 0 Å². The lowest BCUT2D eigenvalue weighted by Gasteiger charge is -2.09. The number of hydrogen-bond donors (Lipinski definition) is 1. The Kier molecular flexibility index (Phi) is 5.60. The zero-order chi connectivity index (χ0) is 10.4. The molecule has 0 saturated heterocycles. The molecule has 0 fully saturated rings. The second kappa shape index (κ2) is 6.49. The van der Waals surface area contributed by atoms with Crippen molar-refractivity contribution in [3.05, 3.63) is 28.2 Å². The Balaban J connectivity index is 2.79. The number of hydrogen-bond acceptors (Lipinski definition) is 2. The van der Waals surface area contributed by atoms with E-state index in [0.29, 0.717) is 0 Å². The molecule has 1 nitrogen and oxygen atoms in total. The molecule has 0 aliphatic heterocycles. The standard InChI is InChI=1S/C11H16BrNS/c1-3-13-8-9-7-10(12)5-6-11(9)14-4-2/h5-7,13H,3-4,8H2,1-2H3. The number of halogens is 1. The van der Waals surface area contributed by atoms with Crippen LogP contribution in [0.1, 0.15) is 19.4 Å². The lowest BCUT2D eigenvalue weighted by molar-refractivity contribution is 0.717. The fourth-order valence-corrected chi connectivity index (χ4v) is 2.44. The van der Waals surface area contributed by atoms with Crippen LogP contribution in [0.5, 0.6) is 0 Å². The van der Waals surface area contributed by atoms with Gasteiger partial charge in [0.2, 0.25) is 0 Å². The molecule has 78 valence electrons. The molecular weight excluding hydrogens is 258 g/mol. The van der Waals surface area contributed by atoms with Crippen LogP contribution in [0.4, 0.5) is 0 Å². The Morgan fingerprint density at radius 2 is 2.14 bits per heavy atom. The maximum atomic E-state index is 3.50. The molecule has 0 radical (unpaired) electrons. The Bertz CT molecular complexity index is 289. The predicted molar refractivity (Wildman–Crippen MR) is 67.9 cm³/mol. The predicted octanol–water partition coefficient (Wildman–Crippen LogP) is 3.67. The van der Waals surface area contributed by atoms with Crippen LogP contribution in [0.25, 0.3) is 0 Å². The highest BCUT2D eigenvalue weighted by molar-refractivity contribution is 9.10. The normalized spacial score (nSPS) is 10.5. The van der Waals surface area contributed by atoms with Gasteiger partial charge in [0.25, 0.3) is 0 Å². The van der Waals surface area contributed by atoms with Crippen LogP contribution in [0.3, 0.4) is 0 Å². The van der Waals surface area contributed by atoms with E-state index in [9.17, 15) is 0 Å². The average molecular weight is 274 g/mol. The smallest absolute Gasteiger partial charge is 0.0216 e. The monoisotopic (exact) mass is 273 g/mol. The Labute approximate surface area is 98.8 Å². The van der Waals surface area contributed by atoms with Gasteiger partial charge < -0.3 is 5.32 Å². The molecule has 0 bridgehead atoms. The first-order valence-electron chi connectivity index (χ1n) is 4.89. The van der Waals surface area contributed by atoms with Crippen LogP contribution in [0.15, 0.2) is 27.6 Å². The van der Waals surface area contributed by atoms with E-state index in [1.807, 2.05) is 11.8 Å². The minimum Gasteiger partial charge on any atom is -0.313 e. The summed E-state index contributed by atoms with van der Waals surface area (Å²) in [4.78, 5) is 1.39. The fourth-order valence-electron chi connectivity index (χ4n) is 1.24. The van der Waals surface area contributed by atoms with E-state index in [-0.39, 0.29) is 0 Å². The van der Waals surface area contributed by atoms with E-state index in [2.05, 4.69) is 53.3 Å². The van der Waals surface area contributed by atoms with Gasteiger partial charge >= 0.3 is 0 Å². The molecule has 0 spiro atoms. The lowest BCUT2D eigenvalue weighted by atomic mass is 10.2. The number of benzene rings is 1. The minimum atomic E-state index is 0.957. The van der Waals surface area contributed by atoms with Gasteiger partial charge in [-0.3, -0.25) is 0 Å². The molecule has 1 rings (SSSR count). The van der Waals surface area contributed by atoms with Crippen molar-refractivity contribution in [2.45, 2.75) is 25.3 Å². The molecule has 0 atom stereocenters. The summed E-state index contributed by atoms with van der Waals surface area (Å²) < 4.78 is 1.16. The summed E-state index contributed by atoms with van der Waals surface area (Å²) in [6.45, 7) is 6.29. The Morgan fingerprint density at radius 1 is 1.36 bits per heavy atom. The fraction of sp³-hybridized carbons (Fsp3) is 0.455. The molecule has 1 aromatic carbocycles. The van der Waals surface area contributed by atoms with E-state index in [1.54, 1.807) is 0 Å². The third-order valence-corrected chi connectivity index (χ3v) is 3.38. The van der Waals surface area contributed by atoms with Crippen LogP contribution in [0.2, 0.25) is 0 Å². The highest BCUT2D eigenvalue weighted by Gasteiger charge is 2.02. The number of thioether (sulfide) groups is 1. The summed E-state index contributed by atoms with van der Waals surface area (Å²) in [7, 11) is 0. The summed E-state index contributed by atoms with van der Waals surface area (Å²) in [5, 5.41) is 3.36. The molecule has 0 amide bonds. The summed E-state index contributed by atoms with van der Waals surface area (Å²) in [5.41, 5.74) is 1.38. The molecule has 0 aromatic heterocycles. The molecule has 0 aliphatic rings. The van der Waals surface area contributed by atoms with Gasteiger partial charge in [-0.1, -0.05) is 29.8 Å². The van der Waals surface area contributed by atoms with Crippen molar-refractivity contribution >= 4 is 27.7 Å². The average Bonchev–Trinajstić information content (AvgIpc) is 2.18. The Hall–Kier alpha value is 0.01000. The first-order valence-corrected chi connectivity index (χ1v) is 6.67. The maximum absolute atomic E-state index is 3.50. The number of nitrogens with one attached hydrogen (secondary N) is 1. The van der Waals surface area contributed by atoms with Crippen molar-refractivity contribution in [3.63, 3.8) is 0 Å². The number of rotatable bonds is 5. The summed E-state index contributed by atoms with van der Waals surface area (Å²) in [6.07, 6.45) is 0. The van der Waals surface area contributed by atoms with E-state index < -0.39 is 0 Å². The second-order valence-corrected chi connectivity index (χ2v) is 5.19. The molecule has 3 heteroatoms. The van der Waals surface area contributed by atoms with E-state index >= 15 is 0 Å². The SMILES string of the molecule is CCNCc1cc(Br)ccc1SCC. The van der Waals surface area contributed by atoms with Crippen LogP contribution < -0.4 is 5.32 Å². The molecule has 0 aliphatic carbocycles. The van der Waals surface area contributed by atoms with E-state index in [1.165, 1.54) is 10.5 Å². The van der Waals surface area contributed by atoms with E-state index in [4.69, 9.17) is 0 Å². The van der Waals surface area contributed by atoms with Gasteiger partial charge in [0, 0.05) is 15.9 Å². The van der Waals surface area contributed by atoms with Crippen LogP contribution in [0, 0.1) is 0 Å². The van der Waals surface area contributed by atoms with Gasteiger partial charge in [-0.05, 0) is 36.1 Å². The third kappa shape index (κ3) is 3.64. The molecule has 1 N–H and O–H groups in total. The second-order valence-electron chi connectivity index (χ2n) is 2.97. The molecule has 1 aromatic rings. The highest BCUT2D eigenvalue weighted by Crippen LogP contribution is 2.25.